The fourth-order valence-electron chi connectivity index (χ4n) is 1.36. The molecular formula is C11H10F6OS. The molecule has 0 bridgehead atoms. The van der Waals surface area contributed by atoms with Crippen LogP contribution in [0.3, 0.4) is 0 Å². The van der Waals surface area contributed by atoms with Crippen molar-refractivity contribution in [2.45, 2.75) is 36.3 Å². The first-order valence-electron chi connectivity index (χ1n) is 5.13. The highest BCUT2D eigenvalue weighted by atomic mass is 32.2. The van der Waals surface area contributed by atoms with E-state index in [0.29, 0.717) is 0 Å². The molecule has 1 aromatic rings. The van der Waals surface area contributed by atoms with Gasteiger partial charge in [-0.25, -0.2) is 4.21 Å². The molecule has 1 unspecified atom stereocenters. The lowest BCUT2D eigenvalue weighted by atomic mass is 10.0. The number of rotatable bonds is 2. The molecular weight excluding hydrogens is 294 g/mol. The molecule has 8 heteroatoms. The van der Waals surface area contributed by atoms with Gasteiger partial charge in [-0.05, 0) is 29.7 Å². The van der Waals surface area contributed by atoms with Gasteiger partial charge in [-0.1, -0.05) is 13.8 Å². The van der Waals surface area contributed by atoms with Crippen LogP contribution in [0.4, 0.5) is 26.3 Å². The molecule has 1 nitrogen and oxygen atoms in total. The normalized spacial score (nSPS) is 14.8. The maximum atomic E-state index is 12.6. The maximum Gasteiger partial charge on any atom is 0.475 e. The summed E-state index contributed by atoms with van der Waals surface area (Å²) in [6.07, 6.45) is -4.78. The summed E-state index contributed by atoms with van der Waals surface area (Å²) in [6, 6.07) is 1.93. The van der Waals surface area contributed by atoms with E-state index < -0.39 is 38.9 Å². The van der Waals surface area contributed by atoms with E-state index in [1.165, 1.54) is 13.8 Å². The summed E-state index contributed by atoms with van der Waals surface area (Å²) in [6.45, 7) is 3.07. The Hall–Kier alpha value is -1.05. The smallest absolute Gasteiger partial charge is 0.245 e. The number of benzene rings is 1. The first-order valence-corrected chi connectivity index (χ1v) is 6.28. The summed E-state index contributed by atoms with van der Waals surface area (Å²) in [4.78, 5) is -0.883. The van der Waals surface area contributed by atoms with E-state index in [1.54, 1.807) is 0 Å². The SMILES string of the molecule is CC(C)c1cc(S(=O)C(F)(F)F)cc(C(F)(F)F)c1. The molecule has 1 aromatic carbocycles. The summed E-state index contributed by atoms with van der Waals surface area (Å²) in [5, 5.41) is 0. The van der Waals surface area contributed by atoms with Crippen molar-refractivity contribution < 1.29 is 30.6 Å². The van der Waals surface area contributed by atoms with Gasteiger partial charge in [0.2, 0.25) is 0 Å². The van der Waals surface area contributed by atoms with Crippen LogP contribution in [0.15, 0.2) is 23.1 Å². The number of hydrogen-bond donors (Lipinski definition) is 0. The predicted octanol–water partition coefficient (Wildman–Crippen LogP) is 4.46. The Bertz CT molecular complexity index is 489. The van der Waals surface area contributed by atoms with E-state index in [4.69, 9.17) is 0 Å². The van der Waals surface area contributed by atoms with Crippen molar-refractivity contribution in [2.75, 3.05) is 0 Å². The van der Waals surface area contributed by atoms with Crippen LogP contribution in [0, 0.1) is 0 Å². The van der Waals surface area contributed by atoms with Gasteiger partial charge in [-0.15, -0.1) is 0 Å². The van der Waals surface area contributed by atoms with Crippen LogP contribution < -0.4 is 0 Å². The largest absolute Gasteiger partial charge is 0.475 e. The van der Waals surface area contributed by atoms with E-state index in [9.17, 15) is 30.6 Å². The fourth-order valence-corrected chi connectivity index (χ4v) is 2.10. The van der Waals surface area contributed by atoms with Crippen molar-refractivity contribution in [1.29, 1.82) is 0 Å². The molecule has 0 aliphatic rings. The zero-order valence-corrected chi connectivity index (χ0v) is 10.7. The van der Waals surface area contributed by atoms with Crippen LogP contribution in [0.2, 0.25) is 0 Å². The average molecular weight is 304 g/mol. The molecule has 0 amide bonds. The van der Waals surface area contributed by atoms with Crippen molar-refractivity contribution in [3.8, 4) is 0 Å². The Morgan fingerprint density at radius 3 is 1.89 bits per heavy atom. The first kappa shape index (κ1) is 16.0. The third-order valence-corrected chi connectivity index (χ3v) is 3.43. The summed E-state index contributed by atoms with van der Waals surface area (Å²) >= 11 is 0. The van der Waals surface area contributed by atoms with Crippen LogP contribution in [0.5, 0.6) is 0 Å². The standard InChI is InChI=1S/C11H10F6OS/c1-6(2)7-3-8(10(12,13)14)5-9(4-7)19(18)11(15,16)17/h3-6H,1-2H3. The minimum Gasteiger partial charge on any atom is -0.245 e. The Morgan fingerprint density at radius 2 is 1.53 bits per heavy atom. The Labute approximate surface area is 108 Å². The molecule has 0 N–H and O–H groups in total. The molecule has 0 aliphatic carbocycles. The van der Waals surface area contributed by atoms with Gasteiger partial charge in [-0.3, -0.25) is 0 Å². The zero-order valence-electron chi connectivity index (χ0n) is 9.89. The highest BCUT2D eigenvalue weighted by Gasteiger charge is 2.40. The molecule has 0 radical (unpaired) electrons. The molecule has 0 saturated carbocycles. The van der Waals surface area contributed by atoms with E-state index in [2.05, 4.69) is 0 Å². The minimum absolute atomic E-state index is 0.0578. The van der Waals surface area contributed by atoms with Crippen LogP contribution >= 0.6 is 0 Å². The van der Waals surface area contributed by atoms with Crippen molar-refractivity contribution >= 4 is 10.8 Å². The predicted molar refractivity (Wildman–Crippen MR) is 58.0 cm³/mol. The van der Waals surface area contributed by atoms with Crippen LogP contribution in [0.25, 0.3) is 0 Å². The molecule has 0 aromatic heterocycles. The lowest BCUT2D eigenvalue weighted by Gasteiger charge is -2.14. The van der Waals surface area contributed by atoms with E-state index in [1.807, 2.05) is 0 Å². The fraction of sp³-hybridized carbons (Fsp3) is 0.455. The zero-order chi connectivity index (χ0) is 15.0. The second kappa shape index (κ2) is 5.15. The summed E-state index contributed by atoms with van der Waals surface area (Å²) in [7, 11) is -3.47. The molecule has 19 heavy (non-hydrogen) atoms. The highest BCUT2D eigenvalue weighted by molar-refractivity contribution is 7.86. The van der Waals surface area contributed by atoms with Crippen LogP contribution in [-0.4, -0.2) is 9.72 Å². The quantitative estimate of drug-likeness (QED) is 0.737. The molecule has 0 aliphatic heterocycles. The highest BCUT2D eigenvalue weighted by Crippen LogP contribution is 2.35. The average Bonchev–Trinajstić information content (AvgIpc) is 2.24. The molecule has 0 heterocycles. The van der Waals surface area contributed by atoms with Gasteiger partial charge >= 0.3 is 11.7 Å². The second-order valence-corrected chi connectivity index (χ2v) is 5.63. The molecule has 0 saturated heterocycles. The van der Waals surface area contributed by atoms with Gasteiger partial charge in [0.25, 0.3) is 0 Å². The van der Waals surface area contributed by atoms with Gasteiger partial charge in [0.15, 0.2) is 10.8 Å². The third kappa shape index (κ3) is 3.95. The molecule has 1 rings (SSSR count). The Balaban J connectivity index is 3.41. The number of halogens is 6. The monoisotopic (exact) mass is 304 g/mol. The lowest BCUT2D eigenvalue weighted by molar-refractivity contribution is -0.137. The Morgan fingerprint density at radius 1 is 1.00 bits per heavy atom. The van der Waals surface area contributed by atoms with Gasteiger partial charge in [-0.2, -0.15) is 26.3 Å². The van der Waals surface area contributed by atoms with Crippen molar-refractivity contribution in [3.63, 3.8) is 0 Å². The second-order valence-electron chi connectivity index (χ2n) is 4.16. The molecule has 0 fully saturated rings. The summed E-state index contributed by atoms with van der Waals surface area (Å²) in [5.74, 6) is -0.411. The van der Waals surface area contributed by atoms with Crippen LogP contribution in [0.1, 0.15) is 30.9 Å². The summed E-state index contributed by atoms with van der Waals surface area (Å²) in [5.41, 5.74) is -6.26. The van der Waals surface area contributed by atoms with E-state index >= 15 is 0 Å². The van der Waals surface area contributed by atoms with Crippen molar-refractivity contribution in [1.82, 2.24) is 0 Å². The number of alkyl halides is 6. The Kier molecular flexibility index (Phi) is 4.33. The topological polar surface area (TPSA) is 17.1 Å². The lowest BCUT2D eigenvalue weighted by Crippen LogP contribution is -2.17. The van der Waals surface area contributed by atoms with E-state index in [-0.39, 0.29) is 11.6 Å². The van der Waals surface area contributed by atoms with Gasteiger partial charge in [0.05, 0.1) is 5.56 Å². The molecule has 0 spiro atoms. The van der Waals surface area contributed by atoms with E-state index in [0.717, 1.165) is 12.1 Å². The van der Waals surface area contributed by atoms with Gasteiger partial charge in [0, 0.05) is 4.90 Å². The van der Waals surface area contributed by atoms with Gasteiger partial charge in [0.1, 0.15) is 0 Å². The van der Waals surface area contributed by atoms with Gasteiger partial charge < -0.3 is 0 Å². The maximum absolute atomic E-state index is 12.6. The minimum atomic E-state index is -5.08. The summed E-state index contributed by atoms with van der Waals surface area (Å²) < 4.78 is 85.9. The van der Waals surface area contributed by atoms with Crippen LogP contribution in [-0.2, 0) is 17.0 Å². The third-order valence-electron chi connectivity index (χ3n) is 2.35. The molecule has 108 valence electrons. The number of hydrogen-bond acceptors (Lipinski definition) is 1. The van der Waals surface area contributed by atoms with Crippen molar-refractivity contribution in [3.05, 3.63) is 29.3 Å². The molecule has 1 atom stereocenters. The first-order chi connectivity index (χ1) is 8.43. The van der Waals surface area contributed by atoms with Crippen molar-refractivity contribution in [2.24, 2.45) is 0 Å².